The third-order valence-corrected chi connectivity index (χ3v) is 8.26. The second kappa shape index (κ2) is 14.1. The minimum Gasteiger partial charge on any atom is -0.493 e. The van der Waals surface area contributed by atoms with E-state index < -0.39 is 22.0 Å². The summed E-state index contributed by atoms with van der Waals surface area (Å²) in [5.74, 6) is 1.78. The zero-order valence-corrected chi connectivity index (χ0v) is 24.2. The van der Waals surface area contributed by atoms with Crippen LogP contribution in [0.1, 0.15) is 62.9 Å². The van der Waals surface area contributed by atoms with Crippen LogP contribution in [0.4, 0.5) is 0 Å². The quantitative estimate of drug-likeness (QED) is 0.304. The van der Waals surface area contributed by atoms with Gasteiger partial charge in [-0.05, 0) is 61.6 Å². The molecule has 39 heavy (non-hydrogen) atoms. The molecular formula is C28H41NO9S. The predicted molar refractivity (Wildman–Crippen MR) is 147 cm³/mol. The van der Waals surface area contributed by atoms with Gasteiger partial charge in [0.15, 0.2) is 32.8 Å². The highest BCUT2D eigenvalue weighted by Gasteiger charge is 2.33. The van der Waals surface area contributed by atoms with E-state index in [1.54, 1.807) is 40.4 Å². The predicted octanol–water partition coefficient (Wildman–Crippen LogP) is 3.98. The molecule has 0 spiro atoms. The highest BCUT2D eigenvalue weighted by molar-refractivity contribution is 7.91. The molecule has 0 aliphatic carbocycles. The molecule has 2 aromatic rings. The fraction of sp³-hybridized carbons (Fsp3) is 0.571. The Labute approximate surface area is 231 Å². The van der Waals surface area contributed by atoms with E-state index in [0.29, 0.717) is 60.9 Å². The number of benzene rings is 2. The molecule has 0 radical (unpaired) electrons. The summed E-state index contributed by atoms with van der Waals surface area (Å²) in [6.45, 7) is 4.05. The second-order valence-corrected chi connectivity index (χ2v) is 11.5. The van der Waals surface area contributed by atoms with Gasteiger partial charge in [0.25, 0.3) is 0 Å². The van der Waals surface area contributed by atoms with E-state index in [9.17, 15) is 13.5 Å². The molecule has 218 valence electrons. The fourth-order valence-corrected chi connectivity index (χ4v) is 6.19. The van der Waals surface area contributed by atoms with Crippen molar-refractivity contribution in [2.24, 2.45) is 5.73 Å². The van der Waals surface area contributed by atoms with Crippen LogP contribution in [0.25, 0.3) is 0 Å². The molecule has 2 aromatic carbocycles. The summed E-state index contributed by atoms with van der Waals surface area (Å²) in [7, 11) is 0.869. The zero-order valence-electron chi connectivity index (χ0n) is 23.4. The normalized spacial score (nSPS) is 18.0. The molecule has 1 fully saturated rings. The van der Waals surface area contributed by atoms with Crippen LogP contribution >= 0.6 is 0 Å². The molecule has 0 amide bonds. The Hall–Kier alpha value is -2.73. The maximum atomic E-state index is 13.4. The molecule has 3 rings (SSSR count). The lowest BCUT2D eigenvalue weighted by Gasteiger charge is -2.21. The van der Waals surface area contributed by atoms with Crippen molar-refractivity contribution in [3.8, 4) is 28.7 Å². The van der Waals surface area contributed by atoms with Crippen molar-refractivity contribution in [2.45, 2.75) is 62.7 Å². The minimum atomic E-state index is -3.80. The van der Waals surface area contributed by atoms with Crippen LogP contribution in [0.15, 0.2) is 29.2 Å². The van der Waals surface area contributed by atoms with Crippen molar-refractivity contribution >= 4 is 9.84 Å². The van der Waals surface area contributed by atoms with E-state index in [1.807, 2.05) is 19.1 Å². The molecule has 1 aliphatic rings. The van der Waals surface area contributed by atoms with Gasteiger partial charge in [0.2, 0.25) is 5.75 Å². The number of hydrogen-bond acceptors (Lipinski definition) is 10. The van der Waals surface area contributed by atoms with Crippen molar-refractivity contribution in [1.82, 2.24) is 0 Å². The van der Waals surface area contributed by atoms with Crippen molar-refractivity contribution in [1.29, 1.82) is 0 Å². The number of ether oxygens (including phenoxy) is 6. The van der Waals surface area contributed by atoms with Crippen LogP contribution in [-0.4, -0.2) is 66.5 Å². The number of nitrogens with two attached hydrogens (primary N) is 1. The minimum absolute atomic E-state index is 0.0320. The largest absolute Gasteiger partial charge is 0.493 e. The molecule has 11 heteroatoms. The summed E-state index contributed by atoms with van der Waals surface area (Å²) < 4.78 is 61.6. The number of aliphatic hydroxyl groups is 1. The number of aliphatic hydroxyl groups excluding tert-OH is 1. The first-order valence-corrected chi connectivity index (χ1v) is 14.8. The van der Waals surface area contributed by atoms with Gasteiger partial charge in [0, 0.05) is 19.1 Å². The molecule has 3 N–H and O–H groups in total. The molecule has 1 heterocycles. The van der Waals surface area contributed by atoms with Crippen molar-refractivity contribution in [3.05, 3.63) is 35.4 Å². The van der Waals surface area contributed by atoms with Crippen LogP contribution in [0.2, 0.25) is 0 Å². The first-order valence-electron chi connectivity index (χ1n) is 13.2. The van der Waals surface area contributed by atoms with Gasteiger partial charge in [-0.25, -0.2) is 8.42 Å². The van der Waals surface area contributed by atoms with E-state index in [4.69, 9.17) is 34.2 Å². The number of methoxy groups -OCH3 is 3. The van der Waals surface area contributed by atoms with E-state index >= 15 is 0 Å². The van der Waals surface area contributed by atoms with Crippen molar-refractivity contribution in [3.63, 3.8) is 0 Å². The Balaban J connectivity index is 2.03. The third-order valence-electron chi connectivity index (χ3n) is 6.32. The summed E-state index contributed by atoms with van der Waals surface area (Å²) in [6, 6.07) is 6.54. The van der Waals surface area contributed by atoms with Crippen LogP contribution in [0.3, 0.4) is 0 Å². The van der Waals surface area contributed by atoms with Gasteiger partial charge in [-0.15, -0.1) is 0 Å². The SMILES string of the molecule is CCCOc1c(OCCCO)cc(C2CCC(c3cc(OC)c(OC)c(OC)c3)O2)cc1S(=O)(=O)CC(C)N. The number of sulfone groups is 1. The van der Waals surface area contributed by atoms with Gasteiger partial charge < -0.3 is 39.3 Å². The summed E-state index contributed by atoms with van der Waals surface area (Å²) in [4.78, 5) is 0.0320. The lowest BCUT2D eigenvalue weighted by atomic mass is 10.0. The van der Waals surface area contributed by atoms with Gasteiger partial charge in [-0.3, -0.25) is 0 Å². The molecule has 1 saturated heterocycles. The molecule has 0 saturated carbocycles. The first kappa shape index (κ1) is 30.8. The third kappa shape index (κ3) is 7.47. The average Bonchev–Trinajstić information content (AvgIpc) is 3.41. The summed E-state index contributed by atoms with van der Waals surface area (Å²) >= 11 is 0. The lowest BCUT2D eigenvalue weighted by molar-refractivity contribution is 0.0434. The standard InChI is InChI=1S/C28H41NO9S/c1-6-11-37-28-25(36-12-7-10-30)15-20(16-26(28)39(31,32)17-18(2)29)22-9-8-21(38-22)19-13-23(33-3)27(35-5)24(14-19)34-4/h13-16,18,21-22,30H,6-12,17,29H2,1-5H3. The maximum absolute atomic E-state index is 13.4. The highest BCUT2D eigenvalue weighted by Crippen LogP contribution is 2.48. The summed E-state index contributed by atoms with van der Waals surface area (Å²) in [5.41, 5.74) is 7.40. The van der Waals surface area contributed by atoms with Gasteiger partial charge in [0.05, 0.1) is 52.5 Å². The molecule has 3 unspecified atom stereocenters. The Bertz CT molecular complexity index is 1170. The van der Waals surface area contributed by atoms with Crippen molar-refractivity contribution in [2.75, 3.05) is 46.9 Å². The first-order chi connectivity index (χ1) is 18.7. The van der Waals surface area contributed by atoms with E-state index in [0.717, 1.165) is 5.56 Å². The smallest absolute Gasteiger partial charge is 0.203 e. The topological polar surface area (TPSA) is 136 Å². The van der Waals surface area contributed by atoms with Gasteiger partial charge in [-0.2, -0.15) is 0 Å². The molecule has 3 atom stereocenters. The Morgan fingerprint density at radius 2 is 1.51 bits per heavy atom. The second-order valence-electron chi connectivity index (χ2n) is 9.53. The molecule has 0 bridgehead atoms. The van der Waals surface area contributed by atoms with E-state index in [1.165, 1.54) is 0 Å². The fourth-order valence-electron chi connectivity index (χ4n) is 4.56. The molecule has 10 nitrogen and oxygen atoms in total. The summed E-state index contributed by atoms with van der Waals surface area (Å²) in [6.07, 6.45) is 1.76. The Kier molecular flexibility index (Phi) is 11.1. The number of hydrogen-bond donors (Lipinski definition) is 2. The molecule has 1 aliphatic heterocycles. The van der Waals surface area contributed by atoms with Crippen LogP contribution in [0, 0.1) is 0 Å². The van der Waals surface area contributed by atoms with Gasteiger partial charge >= 0.3 is 0 Å². The molecular weight excluding hydrogens is 526 g/mol. The van der Waals surface area contributed by atoms with Crippen LogP contribution in [-0.2, 0) is 14.6 Å². The Morgan fingerprint density at radius 3 is 2.03 bits per heavy atom. The Morgan fingerprint density at radius 1 is 0.923 bits per heavy atom. The lowest BCUT2D eigenvalue weighted by Crippen LogP contribution is -2.26. The highest BCUT2D eigenvalue weighted by atomic mass is 32.2. The van der Waals surface area contributed by atoms with Gasteiger partial charge in [0.1, 0.15) is 4.90 Å². The van der Waals surface area contributed by atoms with Crippen molar-refractivity contribution < 1.29 is 41.9 Å². The van der Waals surface area contributed by atoms with Gasteiger partial charge in [-0.1, -0.05) is 6.92 Å². The van der Waals surface area contributed by atoms with Crippen LogP contribution < -0.4 is 29.4 Å². The van der Waals surface area contributed by atoms with E-state index in [-0.39, 0.29) is 35.7 Å². The monoisotopic (exact) mass is 567 g/mol. The zero-order chi connectivity index (χ0) is 28.6. The van der Waals surface area contributed by atoms with E-state index in [2.05, 4.69) is 0 Å². The molecule has 0 aromatic heterocycles. The average molecular weight is 568 g/mol. The maximum Gasteiger partial charge on any atom is 0.203 e. The number of rotatable bonds is 15. The summed E-state index contributed by atoms with van der Waals surface area (Å²) in [5, 5.41) is 9.24. The van der Waals surface area contributed by atoms with Crippen LogP contribution in [0.5, 0.6) is 28.7 Å².